The summed E-state index contributed by atoms with van der Waals surface area (Å²) >= 11 is 6.02. The van der Waals surface area contributed by atoms with Crippen LogP contribution in [0.1, 0.15) is 37.3 Å². The molecule has 1 amide bonds. The van der Waals surface area contributed by atoms with Gasteiger partial charge in [-0.15, -0.1) is 0 Å². The van der Waals surface area contributed by atoms with E-state index in [2.05, 4.69) is 25.7 Å². The number of hydrogen-bond acceptors (Lipinski definition) is 4. The third-order valence-electron chi connectivity index (χ3n) is 6.42. The number of amides is 1. The molecule has 3 aromatic heterocycles. The van der Waals surface area contributed by atoms with Crippen LogP contribution in [0.15, 0.2) is 48.9 Å². The summed E-state index contributed by atoms with van der Waals surface area (Å²) in [6.45, 7) is 0. The average molecular weight is 488 g/mol. The van der Waals surface area contributed by atoms with E-state index in [4.69, 9.17) is 11.6 Å². The Morgan fingerprint density at radius 3 is 2.76 bits per heavy atom. The molecule has 1 fully saturated rings. The number of alkyl halides is 3. The monoisotopic (exact) mass is 487 g/mol. The van der Waals surface area contributed by atoms with Gasteiger partial charge in [0.2, 0.25) is 0 Å². The van der Waals surface area contributed by atoms with Crippen LogP contribution in [0.4, 0.5) is 19.0 Å². The zero-order valence-corrected chi connectivity index (χ0v) is 18.8. The van der Waals surface area contributed by atoms with Gasteiger partial charge in [-0.1, -0.05) is 23.7 Å². The van der Waals surface area contributed by atoms with Crippen molar-refractivity contribution in [3.63, 3.8) is 0 Å². The molecule has 1 aromatic carbocycles. The highest BCUT2D eigenvalue weighted by molar-refractivity contribution is 6.34. The number of nitrogens with zero attached hydrogens (tertiary/aromatic N) is 4. The van der Waals surface area contributed by atoms with Crippen molar-refractivity contribution < 1.29 is 18.0 Å². The number of anilines is 1. The molecule has 2 atom stereocenters. The zero-order chi connectivity index (χ0) is 23.9. The minimum Gasteiger partial charge on any atom is -0.328 e. The molecule has 0 spiro atoms. The van der Waals surface area contributed by atoms with E-state index in [1.165, 1.54) is 6.07 Å². The summed E-state index contributed by atoms with van der Waals surface area (Å²) in [7, 11) is 0. The lowest BCUT2D eigenvalue weighted by molar-refractivity contribution is -0.167. The number of aromatic nitrogens is 4. The first-order valence-corrected chi connectivity index (χ1v) is 11.4. The van der Waals surface area contributed by atoms with E-state index >= 15 is 0 Å². The van der Waals surface area contributed by atoms with Crippen LogP contribution in [-0.4, -0.2) is 31.6 Å². The van der Waals surface area contributed by atoms with Gasteiger partial charge in [-0.05, 0) is 61.8 Å². The minimum atomic E-state index is -5.01. The predicted octanol–water partition coefficient (Wildman–Crippen LogP) is 6.11. The summed E-state index contributed by atoms with van der Waals surface area (Å²) in [6.07, 6.45) is 5.57. The quantitative estimate of drug-likeness (QED) is 0.369. The fraction of sp³-hybridized carbons (Fsp3) is 0.333. The Morgan fingerprint density at radius 1 is 1.12 bits per heavy atom. The summed E-state index contributed by atoms with van der Waals surface area (Å²) in [4.78, 5) is 24.3. The number of hydrogen-bond donors (Lipinski definition) is 1. The van der Waals surface area contributed by atoms with Crippen LogP contribution in [0, 0.1) is 5.92 Å². The predicted molar refractivity (Wildman–Crippen MR) is 124 cm³/mol. The van der Waals surface area contributed by atoms with Gasteiger partial charge in [-0.25, -0.2) is 9.97 Å². The van der Waals surface area contributed by atoms with Crippen molar-refractivity contribution in [3.8, 4) is 0 Å². The Bertz CT molecular complexity index is 1370. The van der Waals surface area contributed by atoms with E-state index in [0.29, 0.717) is 22.9 Å². The van der Waals surface area contributed by atoms with Crippen LogP contribution in [0.2, 0.25) is 5.02 Å². The van der Waals surface area contributed by atoms with Crippen LogP contribution in [0.5, 0.6) is 0 Å². The number of benzene rings is 1. The second kappa shape index (κ2) is 8.87. The third-order valence-corrected chi connectivity index (χ3v) is 6.71. The molecule has 6 nitrogen and oxygen atoms in total. The van der Waals surface area contributed by atoms with Gasteiger partial charge in [-0.2, -0.15) is 13.2 Å². The molecule has 4 aromatic rings. The largest absolute Gasteiger partial charge is 0.471 e. The molecule has 0 radical (unpaired) electrons. The van der Waals surface area contributed by atoms with Gasteiger partial charge in [0.25, 0.3) is 0 Å². The van der Waals surface area contributed by atoms with Crippen molar-refractivity contribution in [3.05, 3.63) is 59.5 Å². The first-order chi connectivity index (χ1) is 16.3. The molecule has 0 saturated heterocycles. The van der Waals surface area contributed by atoms with Crippen molar-refractivity contribution >= 4 is 45.4 Å². The molecule has 2 unspecified atom stereocenters. The van der Waals surface area contributed by atoms with E-state index in [0.717, 1.165) is 48.8 Å². The lowest BCUT2D eigenvalue weighted by Crippen LogP contribution is -2.30. The first kappa shape index (κ1) is 22.6. The van der Waals surface area contributed by atoms with Crippen molar-refractivity contribution in [1.82, 2.24) is 19.5 Å². The van der Waals surface area contributed by atoms with E-state index in [1.54, 1.807) is 17.7 Å². The minimum absolute atomic E-state index is 0.0444. The molecule has 3 heterocycles. The number of aryl methyl sites for hydroxylation is 1. The lowest BCUT2D eigenvalue weighted by Gasteiger charge is -2.14. The summed E-state index contributed by atoms with van der Waals surface area (Å²) < 4.78 is 40.0. The van der Waals surface area contributed by atoms with Gasteiger partial charge >= 0.3 is 12.1 Å². The maximum absolute atomic E-state index is 12.6. The van der Waals surface area contributed by atoms with Crippen LogP contribution >= 0.6 is 11.6 Å². The molecule has 1 aliphatic rings. The van der Waals surface area contributed by atoms with Gasteiger partial charge in [0, 0.05) is 30.0 Å². The molecular weight excluding hydrogens is 467 g/mol. The second-order valence-corrected chi connectivity index (χ2v) is 9.06. The number of carbonyl (C=O) groups is 1. The molecular formula is C24H21ClF3N5O. The highest BCUT2D eigenvalue weighted by atomic mass is 35.5. The Morgan fingerprint density at radius 2 is 1.94 bits per heavy atom. The van der Waals surface area contributed by atoms with Gasteiger partial charge in [0.05, 0.1) is 10.5 Å². The van der Waals surface area contributed by atoms with Gasteiger partial charge in [0.1, 0.15) is 5.52 Å². The highest BCUT2D eigenvalue weighted by Gasteiger charge is 2.39. The first-order valence-electron chi connectivity index (χ1n) is 11.0. The fourth-order valence-electron chi connectivity index (χ4n) is 4.72. The number of fused-ring (bicyclic) bond motifs is 2. The molecule has 34 heavy (non-hydrogen) atoms. The van der Waals surface area contributed by atoms with E-state index in [9.17, 15) is 18.0 Å². The Kier molecular flexibility index (Phi) is 5.89. The Balaban J connectivity index is 1.26. The van der Waals surface area contributed by atoms with Crippen LogP contribution in [0.25, 0.3) is 22.1 Å². The molecule has 176 valence electrons. The third kappa shape index (κ3) is 4.57. The summed E-state index contributed by atoms with van der Waals surface area (Å²) in [6, 6.07) is 9.58. The molecule has 0 aliphatic heterocycles. The normalized spacial score (nSPS) is 18.6. The standard InChI is InChI=1S/C24H21ClF3N5O/c25-18-13-16-5-3-15(12-20(16)31-21(18)32-23(34)24(26,27)28)2-1-14-4-6-17(11-14)33-10-7-19-22(33)30-9-8-29-19/h3,5,7-10,12-14,17H,1-2,4,6,11H2,(H,31,32,34). The number of halogens is 4. The van der Waals surface area contributed by atoms with Crippen molar-refractivity contribution in [2.75, 3.05) is 5.32 Å². The maximum Gasteiger partial charge on any atom is 0.471 e. The maximum atomic E-state index is 12.6. The number of carbonyl (C=O) groups excluding carboxylic acids is 1. The van der Waals surface area contributed by atoms with Gasteiger partial charge in [0.15, 0.2) is 11.5 Å². The fourth-order valence-corrected chi connectivity index (χ4v) is 4.92. The lowest BCUT2D eigenvalue weighted by atomic mass is 9.97. The zero-order valence-electron chi connectivity index (χ0n) is 18.0. The van der Waals surface area contributed by atoms with E-state index in [1.807, 2.05) is 24.3 Å². The smallest absolute Gasteiger partial charge is 0.328 e. The summed E-state index contributed by atoms with van der Waals surface area (Å²) in [5.41, 5.74) is 3.35. The van der Waals surface area contributed by atoms with E-state index < -0.39 is 12.1 Å². The van der Waals surface area contributed by atoms with E-state index in [-0.39, 0.29) is 10.8 Å². The number of pyridine rings is 1. The van der Waals surface area contributed by atoms with Crippen LogP contribution in [-0.2, 0) is 11.2 Å². The molecule has 5 rings (SSSR count). The Hall–Kier alpha value is -3.20. The van der Waals surface area contributed by atoms with Crippen molar-refractivity contribution in [2.24, 2.45) is 5.92 Å². The molecule has 1 aliphatic carbocycles. The highest BCUT2D eigenvalue weighted by Crippen LogP contribution is 2.38. The molecule has 1 N–H and O–H groups in total. The SMILES string of the molecule is O=C(Nc1nc2cc(CCC3CCC(n4ccc5nccnc54)C3)ccc2cc1Cl)C(F)(F)F. The second-order valence-electron chi connectivity index (χ2n) is 8.66. The topological polar surface area (TPSA) is 72.7 Å². The molecule has 1 saturated carbocycles. The summed E-state index contributed by atoms with van der Waals surface area (Å²) in [5.74, 6) is -1.83. The number of nitrogens with one attached hydrogen (secondary N) is 1. The average Bonchev–Trinajstić information content (AvgIpc) is 3.44. The summed E-state index contributed by atoms with van der Waals surface area (Å²) in [5, 5.41) is 2.40. The van der Waals surface area contributed by atoms with Crippen molar-refractivity contribution in [1.29, 1.82) is 0 Å². The molecule has 0 bridgehead atoms. The van der Waals surface area contributed by atoms with Gasteiger partial charge < -0.3 is 9.88 Å². The molecule has 10 heteroatoms. The van der Waals surface area contributed by atoms with Crippen LogP contribution < -0.4 is 5.32 Å². The van der Waals surface area contributed by atoms with Crippen molar-refractivity contribution in [2.45, 2.75) is 44.3 Å². The number of rotatable bonds is 5. The van der Waals surface area contributed by atoms with Gasteiger partial charge in [-0.3, -0.25) is 9.78 Å². The van der Waals surface area contributed by atoms with Crippen LogP contribution in [0.3, 0.4) is 0 Å². The Labute approximate surface area is 198 Å².